The number of hydrogen-bond donors (Lipinski definition) is 2. The summed E-state index contributed by atoms with van der Waals surface area (Å²) >= 11 is 0. The molecule has 0 amide bonds. The number of nitrogens with one attached hydrogen (secondary N) is 1. The summed E-state index contributed by atoms with van der Waals surface area (Å²) in [5, 5.41) is 10.8. The number of phenolic OH excluding ortho intramolecular Hbond substituents is 1. The third-order valence-electron chi connectivity index (χ3n) is 4.25. The van der Waals surface area contributed by atoms with Crippen LogP contribution in [0.25, 0.3) is 11.0 Å². The van der Waals surface area contributed by atoms with Crippen LogP contribution in [0.3, 0.4) is 0 Å². The molecule has 0 bridgehead atoms. The Morgan fingerprint density at radius 2 is 2.12 bits per heavy atom. The number of rotatable bonds is 6. The van der Waals surface area contributed by atoms with Crippen molar-refractivity contribution in [2.75, 3.05) is 25.6 Å². The maximum atomic E-state index is 9.69. The molecule has 0 saturated heterocycles. The molecule has 2 heterocycles. The SMILES string of the molecule is CCc1c[nH]c2ncnc(N(C)CCc3ccc(O)c(OC)c3)c12. The summed E-state index contributed by atoms with van der Waals surface area (Å²) in [5.74, 6) is 1.59. The molecule has 3 rings (SSSR count). The van der Waals surface area contributed by atoms with Crippen molar-refractivity contribution in [3.8, 4) is 11.5 Å². The molecule has 0 aliphatic carbocycles. The third-order valence-corrected chi connectivity index (χ3v) is 4.25. The van der Waals surface area contributed by atoms with Crippen molar-refractivity contribution in [1.29, 1.82) is 0 Å². The second kappa shape index (κ2) is 6.78. The number of aromatic hydroxyl groups is 1. The highest BCUT2D eigenvalue weighted by atomic mass is 16.5. The van der Waals surface area contributed by atoms with E-state index in [1.165, 1.54) is 5.56 Å². The lowest BCUT2D eigenvalue weighted by molar-refractivity contribution is 0.373. The van der Waals surface area contributed by atoms with Crippen LogP contribution in [0.2, 0.25) is 0 Å². The highest BCUT2D eigenvalue weighted by Crippen LogP contribution is 2.28. The van der Waals surface area contributed by atoms with Gasteiger partial charge in [-0.25, -0.2) is 9.97 Å². The van der Waals surface area contributed by atoms with Crippen LogP contribution in [0.1, 0.15) is 18.1 Å². The zero-order valence-electron chi connectivity index (χ0n) is 14.2. The molecule has 0 saturated carbocycles. The van der Waals surface area contributed by atoms with Gasteiger partial charge in [0, 0.05) is 19.8 Å². The van der Waals surface area contributed by atoms with E-state index in [-0.39, 0.29) is 5.75 Å². The minimum absolute atomic E-state index is 0.159. The lowest BCUT2D eigenvalue weighted by Crippen LogP contribution is -2.22. The minimum Gasteiger partial charge on any atom is -0.504 e. The molecule has 0 radical (unpaired) electrons. The molecule has 1 aromatic carbocycles. The number of anilines is 1. The smallest absolute Gasteiger partial charge is 0.160 e. The third kappa shape index (κ3) is 2.99. The Kier molecular flexibility index (Phi) is 4.55. The van der Waals surface area contributed by atoms with E-state index in [1.54, 1.807) is 19.5 Å². The summed E-state index contributed by atoms with van der Waals surface area (Å²) in [6.45, 7) is 2.93. The first-order chi connectivity index (χ1) is 11.6. The van der Waals surface area contributed by atoms with E-state index in [0.29, 0.717) is 5.75 Å². The number of nitrogens with zero attached hydrogens (tertiary/aromatic N) is 3. The van der Waals surface area contributed by atoms with Crippen molar-refractivity contribution in [2.24, 2.45) is 0 Å². The summed E-state index contributed by atoms with van der Waals surface area (Å²) in [6, 6.07) is 5.44. The number of ether oxygens (including phenoxy) is 1. The fourth-order valence-corrected chi connectivity index (χ4v) is 2.86. The van der Waals surface area contributed by atoms with Crippen molar-refractivity contribution >= 4 is 16.9 Å². The molecule has 0 fully saturated rings. The van der Waals surface area contributed by atoms with Crippen molar-refractivity contribution in [1.82, 2.24) is 15.0 Å². The fraction of sp³-hybridized carbons (Fsp3) is 0.333. The zero-order valence-corrected chi connectivity index (χ0v) is 14.2. The van der Waals surface area contributed by atoms with Crippen LogP contribution in [0.5, 0.6) is 11.5 Å². The fourth-order valence-electron chi connectivity index (χ4n) is 2.86. The van der Waals surface area contributed by atoms with Gasteiger partial charge in [-0.3, -0.25) is 0 Å². The molecule has 24 heavy (non-hydrogen) atoms. The number of aromatic amines is 1. The number of fused-ring (bicyclic) bond motifs is 1. The van der Waals surface area contributed by atoms with E-state index in [2.05, 4.69) is 26.8 Å². The van der Waals surface area contributed by atoms with Gasteiger partial charge in [0.15, 0.2) is 11.5 Å². The molecule has 6 heteroatoms. The van der Waals surface area contributed by atoms with Gasteiger partial charge in [0.25, 0.3) is 0 Å². The van der Waals surface area contributed by atoms with Crippen LogP contribution in [-0.4, -0.2) is 40.8 Å². The van der Waals surface area contributed by atoms with E-state index < -0.39 is 0 Å². The van der Waals surface area contributed by atoms with Gasteiger partial charge in [-0.05, 0) is 36.1 Å². The molecule has 0 aliphatic heterocycles. The Labute approximate surface area is 141 Å². The Hall–Kier alpha value is -2.76. The number of hydrogen-bond acceptors (Lipinski definition) is 5. The van der Waals surface area contributed by atoms with Crippen LogP contribution in [0, 0.1) is 0 Å². The maximum Gasteiger partial charge on any atom is 0.160 e. The van der Waals surface area contributed by atoms with E-state index in [1.807, 2.05) is 25.4 Å². The van der Waals surface area contributed by atoms with Crippen molar-refractivity contribution in [3.63, 3.8) is 0 Å². The zero-order chi connectivity index (χ0) is 17.1. The summed E-state index contributed by atoms with van der Waals surface area (Å²) in [7, 11) is 3.59. The molecule has 6 nitrogen and oxygen atoms in total. The van der Waals surface area contributed by atoms with E-state index in [0.717, 1.165) is 41.8 Å². The lowest BCUT2D eigenvalue weighted by atomic mass is 10.1. The largest absolute Gasteiger partial charge is 0.504 e. The van der Waals surface area contributed by atoms with Gasteiger partial charge >= 0.3 is 0 Å². The van der Waals surface area contributed by atoms with E-state index >= 15 is 0 Å². The van der Waals surface area contributed by atoms with E-state index in [9.17, 15) is 5.11 Å². The molecule has 126 valence electrons. The first-order valence-corrected chi connectivity index (χ1v) is 8.02. The van der Waals surface area contributed by atoms with Gasteiger partial charge in [-0.1, -0.05) is 13.0 Å². The van der Waals surface area contributed by atoms with Gasteiger partial charge in [0.2, 0.25) is 0 Å². The van der Waals surface area contributed by atoms with Crippen LogP contribution in [0.4, 0.5) is 5.82 Å². The van der Waals surface area contributed by atoms with Crippen molar-refractivity contribution in [3.05, 3.63) is 41.9 Å². The predicted octanol–water partition coefficient (Wildman–Crippen LogP) is 2.91. The van der Waals surface area contributed by atoms with Gasteiger partial charge in [-0.2, -0.15) is 0 Å². The topological polar surface area (TPSA) is 74.3 Å². The maximum absolute atomic E-state index is 9.69. The number of H-pyrrole nitrogens is 1. The van der Waals surface area contributed by atoms with Gasteiger partial charge in [-0.15, -0.1) is 0 Å². The molecular weight excluding hydrogens is 304 g/mol. The summed E-state index contributed by atoms with van der Waals surface area (Å²) in [6.07, 6.45) is 5.35. The number of likely N-dealkylation sites (N-methyl/N-ethyl adjacent to an activating group) is 1. The first kappa shape index (κ1) is 16.1. The standard InChI is InChI=1S/C18H22N4O2/c1-4-13-10-19-17-16(13)18(21-11-20-17)22(2)8-7-12-5-6-14(23)15(9-12)24-3/h5-6,9-11,23H,4,7-8H2,1-3H3,(H,19,20,21). The summed E-state index contributed by atoms with van der Waals surface area (Å²) in [5.41, 5.74) is 3.19. The first-order valence-electron chi connectivity index (χ1n) is 8.02. The summed E-state index contributed by atoms with van der Waals surface area (Å²) < 4.78 is 5.17. The normalized spacial score (nSPS) is 11.0. The number of benzene rings is 1. The Morgan fingerprint density at radius 3 is 2.88 bits per heavy atom. The van der Waals surface area contributed by atoms with Crippen LogP contribution in [-0.2, 0) is 12.8 Å². The molecular formula is C18H22N4O2. The Balaban J connectivity index is 1.80. The van der Waals surface area contributed by atoms with Gasteiger partial charge in [0.1, 0.15) is 17.8 Å². The van der Waals surface area contributed by atoms with Crippen LogP contribution >= 0.6 is 0 Å². The molecule has 0 unspecified atom stereocenters. The van der Waals surface area contributed by atoms with Gasteiger partial charge < -0.3 is 19.7 Å². The molecule has 0 atom stereocenters. The number of phenols is 1. The highest BCUT2D eigenvalue weighted by molar-refractivity contribution is 5.90. The molecule has 2 aromatic heterocycles. The average molecular weight is 326 g/mol. The molecule has 0 aliphatic rings. The second-order valence-electron chi connectivity index (χ2n) is 5.77. The predicted molar refractivity (Wildman–Crippen MR) is 94.9 cm³/mol. The Morgan fingerprint density at radius 1 is 1.29 bits per heavy atom. The summed E-state index contributed by atoms with van der Waals surface area (Å²) in [4.78, 5) is 14.1. The molecule has 2 N–H and O–H groups in total. The lowest BCUT2D eigenvalue weighted by Gasteiger charge is -2.19. The van der Waals surface area contributed by atoms with Crippen LogP contribution in [0.15, 0.2) is 30.7 Å². The van der Waals surface area contributed by atoms with Crippen molar-refractivity contribution < 1.29 is 9.84 Å². The molecule has 3 aromatic rings. The van der Waals surface area contributed by atoms with Gasteiger partial charge in [0.05, 0.1) is 12.5 Å². The van der Waals surface area contributed by atoms with E-state index in [4.69, 9.17) is 4.74 Å². The minimum atomic E-state index is 0.159. The highest BCUT2D eigenvalue weighted by Gasteiger charge is 2.13. The monoisotopic (exact) mass is 326 g/mol. The van der Waals surface area contributed by atoms with Crippen molar-refractivity contribution in [2.45, 2.75) is 19.8 Å². The molecule has 0 spiro atoms. The Bertz CT molecular complexity index is 844. The second-order valence-corrected chi connectivity index (χ2v) is 5.77. The van der Waals surface area contributed by atoms with Crippen LogP contribution < -0.4 is 9.64 Å². The number of aromatic nitrogens is 3. The average Bonchev–Trinajstić information content (AvgIpc) is 3.04. The quantitative estimate of drug-likeness (QED) is 0.728. The number of methoxy groups -OCH3 is 1. The number of aryl methyl sites for hydroxylation is 1.